The van der Waals surface area contributed by atoms with E-state index in [1.54, 1.807) is 18.2 Å². The minimum Gasteiger partial charge on any atom is -0.507 e. The first-order valence-electron chi connectivity index (χ1n) is 9.91. The van der Waals surface area contributed by atoms with Gasteiger partial charge in [0.05, 0.1) is 0 Å². The highest BCUT2D eigenvalue weighted by atomic mass is 32.1. The maximum atomic E-state index is 12.3. The van der Waals surface area contributed by atoms with E-state index in [4.69, 9.17) is 0 Å². The Morgan fingerprint density at radius 3 is 2.04 bits per heavy atom. The third-order valence-electron chi connectivity index (χ3n) is 5.07. The van der Waals surface area contributed by atoms with Crippen LogP contribution in [0.15, 0.2) is 28.7 Å². The Hall–Kier alpha value is -1.55. The molecule has 0 aliphatic heterocycles. The van der Waals surface area contributed by atoms with Crippen LogP contribution in [0.2, 0.25) is 0 Å². The molecule has 1 aromatic carbocycles. The van der Waals surface area contributed by atoms with Crippen molar-refractivity contribution < 1.29 is 14.7 Å². The molecule has 1 N–H and O–H groups in total. The fraction of sp³-hybridized carbons (Fsp3) is 0.545. The molecule has 3 nitrogen and oxygen atoms in total. The van der Waals surface area contributed by atoms with Crippen molar-refractivity contribution >= 4 is 30.0 Å². The van der Waals surface area contributed by atoms with E-state index in [1.807, 2.05) is 0 Å². The second-order valence-electron chi connectivity index (χ2n) is 7.12. The SMILES string of the molecule is CCCCCCCCCCCCC1=C(O)c2c(S)cccc2C(=O)C1=O. The molecule has 0 saturated heterocycles. The van der Waals surface area contributed by atoms with Crippen molar-refractivity contribution in [2.24, 2.45) is 0 Å². The van der Waals surface area contributed by atoms with Crippen molar-refractivity contribution in [1.82, 2.24) is 0 Å². The number of unbranched alkanes of at least 4 members (excludes halogenated alkanes) is 9. The smallest absolute Gasteiger partial charge is 0.234 e. The largest absolute Gasteiger partial charge is 0.507 e. The number of hydrogen-bond acceptors (Lipinski definition) is 4. The number of fused-ring (bicyclic) bond motifs is 1. The van der Waals surface area contributed by atoms with Gasteiger partial charge in [0.1, 0.15) is 5.76 Å². The van der Waals surface area contributed by atoms with Gasteiger partial charge in [-0.15, -0.1) is 12.6 Å². The highest BCUT2D eigenvalue weighted by Gasteiger charge is 2.33. The lowest BCUT2D eigenvalue weighted by Gasteiger charge is -2.19. The van der Waals surface area contributed by atoms with E-state index in [1.165, 1.54) is 44.9 Å². The number of Topliss-reactive ketones (excluding diaryl/α,β-unsaturated/α-hetero) is 2. The van der Waals surface area contributed by atoms with Gasteiger partial charge in [-0.1, -0.05) is 76.8 Å². The summed E-state index contributed by atoms with van der Waals surface area (Å²) in [5.74, 6) is -1.16. The van der Waals surface area contributed by atoms with Crippen molar-refractivity contribution in [1.29, 1.82) is 0 Å². The zero-order valence-electron chi connectivity index (χ0n) is 15.7. The number of carbonyl (C=O) groups excluding carboxylic acids is 2. The van der Waals surface area contributed by atoms with Crippen LogP contribution in [0.4, 0.5) is 0 Å². The number of ketones is 2. The van der Waals surface area contributed by atoms with Gasteiger partial charge >= 0.3 is 0 Å². The summed E-state index contributed by atoms with van der Waals surface area (Å²) >= 11 is 4.33. The van der Waals surface area contributed by atoms with Gasteiger partial charge in [-0.2, -0.15) is 0 Å². The molecule has 26 heavy (non-hydrogen) atoms. The summed E-state index contributed by atoms with van der Waals surface area (Å²) in [4.78, 5) is 25.1. The van der Waals surface area contributed by atoms with Gasteiger partial charge in [0.25, 0.3) is 0 Å². The third kappa shape index (κ3) is 5.23. The number of thiol groups is 1. The molecule has 1 aromatic rings. The first-order chi connectivity index (χ1) is 12.6. The Morgan fingerprint density at radius 1 is 0.846 bits per heavy atom. The Bertz CT molecular complexity index is 676. The van der Waals surface area contributed by atoms with Gasteiger partial charge in [-0.25, -0.2) is 0 Å². The van der Waals surface area contributed by atoms with Crippen molar-refractivity contribution in [2.45, 2.75) is 82.4 Å². The summed E-state index contributed by atoms with van der Waals surface area (Å²) < 4.78 is 0. The molecule has 0 aromatic heterocycles. The topological polar surface area (TPSA) is 54.4 Å². The van der Waals surface area contributed by atoms with Crippen molar-refractivity contribution in [3.8, 4) is 0 Å². The quantitative estimate of drug-likeness (QED) is 0.271. The molecule has 0 bridgehead atoms. The lowest BCUT2D eigenvalue weighted by Crippen LogP contribution is -2.24. The molecule has 142 valence electrons. The molecule has 0 saturated carbocycles. The van der Waals surface area contributed by atoms with E-state index in [2.05, 4.69) is 19.6 Å². The summed E-state index contributed by atoms with van der Waals surface area (Å²) in [6.07, 6.45) is 12.5. The van der Waals surface area contributed by atoms with Crippen LogP contribution in [0.25, 0.3) is 5.76 Å². The average Bonchev–Trinajstić information content (AvgIpc) is 2.63. The lowest BCUT2D eigenvalue weighted by molar-refractivity contribution is -0.112. The molecule has 0 spiro atoms. The summed E-state index contributed by atoms with van der Waals surface area (Å²) in [6, 6.07) is 4.97. The molecule has 2 rings (SSSR count). The first-order valence-corrected chi connectivity index (χ1v) is 10.4. The van der Waals surface area contributed by atoms with Crippen molar-refractivity contribution in [3.05, 3.63) is 34.9 Å². The Balaban J connectivity index is 1.80. The monoisotopic (exact) mass is 374 g/mol. The summed E-state index contributed by atoms with van der Waals surface area (Å²) in [5.41, 5.74) is 0.915. The van der Waals surface area contributed by atoms with E-state index in [-0.39, 0.29) is 16.9 Å². The predicted octanol–water partition coefficient (Wildman–Crippen LogP) is 6.32. The van der Waals surface area contributed by atoms with E-state index in [9.17, 15) is 14.7 Å². The normalized spacial score (nSPS) is 14.1. The van der Waals surface area contributed by atoms with Crippen molar-refractivity contribution in [3.63, 3.8) is 0 Å². The average molecular weight is 375 g/mol. The highest BCUT2D eigenvalue weighted by molar-refractivity contribution is 7.80. The minimum atomic E-state index is -0.565. The fourth-order valence-corrected chi connectivity index (χ4v) is 3.83. The van der Waals surface area contributed by atoms with E-state index in [0.717, 1.165) is 19.3 Å². The number of allylic oxidation sites excluding steroid dienone is 1. The van der Waals surface area contributed by atoms with Gasteiger partial charge in [-0.3, -0.25) is 9.59 Å². The van der Waals surface area contributed by atoms with E-state index >= 15 is 0 Å². The highest BCUT2D eigenvalue weighted by Crippen LogP contribution is 2.34. The van der Waals surface area contributed by atoms with Crippen LogP contribution in [0.5, 0.6) is 0 Å². The summed E-state index contributed by atoms with van der Waals surface area (Å²) in [5, 5.41) is 10.5. The van der Waals surface area contributed by atoms with Gasteiger partial charge in [-0.05, 0) is 18.9 Å². The number of hydrogen-bond donors (Lipinski definition) is 2. The van der Waals surface area contributed by atoms with Gasteiger partial charge in [0.15, 0.2) is 0 Å². The molecule has 0 atom stereocenters. The standard InChI is InChI=1S/C22H30O3S/c1-2-3-4-5-6-7-8-9-10-11-13-17-20(23)19-16(21(24)22(17)25)14-12-15-18(19)26/h12,14-15,23,26H,2-11,13H2,1H3. The fourth-order valence-electron chi connectivity index (χ4n) is 3.52. The molecule has 0 fully saturated rings. The number of carbonyl (C=O) groups is 2. The number of aliphatic hydroxyl groups is 1. The van der Waals surface area contributed by atoms with Gasteiger partial charge in [0, 0.05) is 21.6 Å². The van der Waals surface area contributed by atoms with Gasteiger partial charge in [0.2, 0.25) is 11.6 Å². The van der Waals surface area contributed by atoms with Crippen LogP contribution >= 0.6 is 12.6 Å². The van der Waals surface area contributed by atoms with Crippen LogP contribution in [-0.4, -0.2) is 16.7 Å². The molecule has 0 heterocycles. The maximum Gasteiger partial charge on any atom is 0.234 e. The zero-order chi connectivity index (χ0) is 18.9. The minimum absolute atomic E-state index is 0.0638. The number of aliphatic hydroxyl groups excluding tert-OH is 1. The predicted molar refractivity (Wildman–Crippen MR) is 109 cm³/mol. The van der Waals surface area contributed by atoms with Crippen LogP contribution in [0, 0.1) is 0 Å². The molecular weight excluding hydrogens is 344 g/mol. The second-order valence-corrected chi connectivity index (χ2v) is 7.60. The molecule has 0 amide bonds. The summed E-state index contributed by atoms with van der Waals surface area (Å²) in [6.45, 7) is 2.23. The Labute approximate surface area is 162 Å². The Morgan fingerprint density at radius 2 is 1.42 bits per heavy atom. The maximum absolute atomic E-state index is 12.3. The molecule has 4 heteroatoms. The second kappa shape index (κ2) is 10.6. The zero-order valence-corrected chi connectivity index (χ0v) is 16.6. The first kappa shape index (κ1) is 20.8. The molecule has 1 aliphatic carbocycles. The molecule has 0 radical (unpaired) electrons. The number of benzene rings is 1. The summed E-state index contributed by atoms with van der Waals surface area (Å²) in [7, 11) is 0. The van der Waals surface area contributed by atoms with Crippen LogP contribution in [0.3, 0.4) is 0 Å². The van der Waals surface area contributed by atoms with Gasteiger partial charge < -0.3 is 5.11 Å². The third-order valence-corrected chi connectivity index (χ3v) is 5.44. The molecule has 1 aliphatic rings. The van der Waals surface area contributed by atoms with Crippen LogP contribution in [0.1, 0.15) is 93.5 Å². The van der Waals surface area contributed by atoms with Crippen molar-refractivity contribution in [2.75, 3.05) is 0 Å². The molecular formula is C22H30O3S. The van der Waals surface area contributed by atoms with Crippen LogP contribution < -0.4 is 0 Å². The van der Waals surface area contributed by atoms with Crippen LogP contribution in [-0.2, 0) is 4.79 Å². The van der Waals surface area contributed by atoms with E-state index in [0.29, 0.717) is 16.9 Å². The molecule has 0 unspecified atom stereocenters. The Kier molecular flexibility index (Phi) is 8.43. The van der Waals surface area contributed by atoms with E-state index < -0.39 is 11.6 Å². The lowest BCUT2D eigenvalue weighted by atomic mass is 9.86. The number of rotatable bonds is 11.